The molecule has 0 amide bonds. The van der Waals surface area contributed by atoms with Gasteiger partial charge in [-0.05, 0) is 43.7 Å². The summed E-state index contributed by atoms with van der Waals surface area (Å²) in [6.45, 7) is 10.7. The number of H-pyrrole nitrogens is 1. The van der Waals surface area contributed by atoms with E-state index in [-0.39, 0.29) is 0 Å². The van der Waals surface area contributed by atoms with Crippen molar-refractivity contribution in [3.8, 4) is 11.3 Å². The molecule has 29 heavy (non-hydrogen) atoms. The molecule has 0 radical (unpaired) electrons. The van der Waals surface area contributed by atoms with E-state index in [2.05, 4.69) is 53.9 Å². The number of piperidine rings is 1. The van der Waals surface area contributed by atoms with Crippen molar-refractivity contribution in [1.82, 2.24) is 24.6 Å². The topological polar surface area (TPSA) is 88.1 Å². The maximum atomic E-state index is 6.07. The number of fused-ring (bicyclic) bond motifs is 2. The van der Waals surface area contributed by atoms with E-state index in [4.69, 9.17) is 10.7 Å². The highest BCUT2D eigenvalue weighted by atomic mass is 32.1. The number of nitrogens with two attached hydrogens (primary N) is 1. The molecule has 5 heterocycles. The van der Waals surface area contributed by atoms with Crippen LogP contribution in [0.15, 0.2) is 12.5 Å². The van der Waals surface area contributed by atoms with Gasteiger partial charge in [-0.15, -0.1) is 0 Å². The summed E-state index contributed by atoms with van der Waals surface area (Å²) < 4.78 is 1.87. The molecule has 0 aliphatic carbocycles. The number of pyridine rings is 1. The zero-order chi connectivity index (χ0) is 20.3. The highest BCUT2D eigenvalue weighted by Gasteiger charge is 2.25. The number of hydrogen-bond acceptors (Lipinski definition) is 6. The fraction of sp³-hybridized carbons (Fsp3) is 0.476. The van der Waals surface area contributed by atoms with Crippen molar-refractivity contribution < 1.29 is 0 Å². The largest absolute Gasteiger partial charge is 0.348 e. The van der Waals surface area contributed by atoms with Gasteiger partial charge in [-0.1, -0.05) is 25.2 Å². The van der Waals surface area contributed by atoms with Gasteiger partial charge in [-0.25, -0.2) is 14.5 Å². The summed E-state index contributed by atoms with van der Waals surface area (Å²) in [5.74, 6) is 0.356. The average Bonchev–Trinajstić information content (AvgIpc) is 3.38. The second-order valence-electron chi connectivity index (χ2n) is 8.39. The van der Waals surface area contributed by atoms with Gasteiger partial charge in [0, 0.05) is 36.5 Å². The fourth-order valence-electron chi connectivity index (χ4n) is 4.33. The molecule has 5 rings (SSSR count). The average molecular weight is 410 g/mol. The zero-order valence-electron chi connectivity index (χ0n) is 17.4. The number of hydrogen-bond donors (Lipinski definition) is 2. The Morgan fingerprint density at radius 3 is 2.69 bits per heavy atom. The summed E-state index contributed by atoms with van der Waals surface area (Å²) in [6.07, 6.45) is 5.76. The molecule has 1 aliphatic rings. The Bertz CT molecular complexity index is 1190. The van der Waals surface area contributed by atoms with Crippen molar-refractivity contribution in [3.63, 3.8) is 0 Å². The van der Waals surface area contributed by atoms with Gasteiger partial charge in [0.25, 0.3) is 0 Å². The smallest absolute Gasteiger partial charge is 0.187 e. The van der Waals surface area contributed by atoms with Gasteiger partial charge in [0.2, 0.25) is 0 Å². The third kappa shape index (κ3) is 2.93. The van der Waals surface area contributed by atoms with Crippen molar-refractivity contribution in [1.29, 1.82) is 0 Å². The lowest BCUT2D eigenvalue weighted by Gasteiger charge is -2.29. The fourth-order valence-corrected chi connectivity index (χ4v) is 5.37. The standard InChI is InChI=1S/C21H27N7S/c1-11(2)16-17(15-9-28-19(23-10-24-28)13(4)12(15)3)25-20-18(16)26-21(29-20)27-7-5-14(22)6-8-27/h9-11,14,25H,5-8,22H2,1-4H3. The van der Waals surface area contributed by atoms with Crippen LogP contribution in [0.4, 0.5) is 5.13 Å². The normalized spacial score (nSPS) is 16.0. The van der Waals surface area contributed by atoms with Gasteiger partial charge < -0.3 is 15.6 Å². The van der Waals surface area contributed by atoms with Crippen molar-refractivity contribution >= 4 is 32.5 Å². The van der Waals surface area contributed by atoms with Gasteiger partial charge in [0.05, 0.1) is 5.69 Å². The van der Waals surface area contributed by atoms with Crippen molar-refractivity contribution in [3.05, 3.63) is 29.2 Å². The molecule has 4 aromatic rings. The molecule has 1 saturated heterocycles. The Labute approximate surface area is 174 Å². The lowest BCUT2D eigenvalue weighted by atomic mass is 9.96. The van der Waals surface area contributed by atoms with Crippen LogP contribution in [0, 0.1) is 13.8 Å². The molecular weight excluding hydrogens is 382 g/mol. The second-order valence-corrected chi connectivity index (χ2v) is 9.37. The molecule has 0 unspecified atom stereocenters. The number of nitrogens with zero attached hydrogens (tertiary/aromatic N) is 5. The minimum Gasteiger partial charge on any atom is -0.348 e. The van der Waals surface area contributed by atoms with Crippen LogP contribution in [0.3, 0.4) is 0 Å². The van der Waals surface area contributed by atoms with E-state index in [0.29, 0.717) is 12.0 Å². The van der Waals surface area contributed by atoms with Crippen molar-refractivity contribution in [2.24, 2.45) is 5.73 Å². The summed E-state index contributed by atoms with van der Waals surface area (Å²) in [5, 5.41) is 5.47. The predicted molar refractivity (Wildman–Crippen MR) is 119 cm³/mol. The first-order chi connectivity index (χ1) is 13.9. The number of aryl methyl sites for hydroxylation is 1. The maximum Gasteiger partial charge on any atom is 0.187 e. The van der Waals surface area contributed by atoms with E-state index in [1.165, 1.54) is 16.7 Å². The third-order valence-electron chi connectivity index (χ3n) is 6.16. The van der Waals surface area contributed by atoms with Crippen LogP contribution in [-0.4, -0.2) is 43.7 Å². The van der Waals surface area contributed by atoms with Crippen molar-refractivity contribution in [2.75, 3.05) is 18.0 Å². The van der Waals surface area contributed by atoms with E-state index in [0.717, 1.165) is 58.3 Å². The van der Waals surface area contributed by atoms with Gasteiger partial charge in [0.15, 0.2) is 10.8 Å². The molecule has 0 bridgehead atoms. The number of anilines is 1. The Balaban J connectivity index is 1.64. The van der Waals surface area contributed by atoms with Crippen LogP contribution in [0.5, 0.6) is 0 Å². The lowest BCUT2D eigenvalue weighted by Crippen LogP contribution is -2.39. The molecule has 3 N–H and O–H groups in total. The summed E-state index contributed by atoms with van der Waals surface area (Å²) >= 11 is 1.75. The van der Waals surface area contributed by atoms with Crippen LogP contribution < -0.4 is 10.6 Å². The Hall–Kier alpha value is -2.45. The van der Waals surface area contributed by atoms with E-state index in [1.807, 2.05) is 4.52 Å². The van der Waals surface area contributed by atoms with Crippen LogP contribution >= 0.6 is 11.3 Å². The minimum atomic E-state index is 0.326. The van der Waals surface area contributed by atoms with E-state index >= 15 is 0 Å². The number of aromatic amines is 1. The molecule has 0 spiro atoms. The highest BCUT2D eigenvalue weighted by molar-refractivity contribution is 7.21. The maximum absolute atomic E-state index is 6.07. The van der Waals surface area contributed by atoms with Crippen molar-refractivity contribution in [2.45, 2.75) is 52.5 Å². The molecule has 0 saturated carbocycles. The molecule has 8 heteroatoms. The van der Waals surface area contributed by atoms with Gasteiger partial charge in [0.1, 0.15) is 16.7 Å². The lowest BCUT2D eigenvalue weighted by molar-refractivity contribution is 0.501. The third-order valence-corrected chi connectivity index (χ3v) is 7.19. The first-order valence-corrected chi connectivity index (χ1v) is 11.1. The molecule has 0 aromatic carbocycles. The van der Waals surface area contributed by atoms with E-state index in [9.17, 15) is 0 Å². The Morgan fingerprint density at radius 1 is 1.21 bits per heavy atom. The summed E-state index contributed by atoms with van der Waals surface area (Å²) in [7, 11) is 0. The first kappa shape index (κ1) is 18.6. The van der Waals surface area contributed by atoms with E-state index < -0.39 is 0 Å². The van der Waals surface area contributed by atoms with Gasteiger partial charge >= 0.3 is 0 Å². The summed E-state index contributed by atoms with van der Waals surface area (Å²) in [6, 6.07) is 0.326. The summed E-state index contributed by atoms with van der Waals surface area (Å²) in [5.41, 5.74) is 14.1. The summed E-state index contributed by atoms with van der Waals surface area (Å²) in [4.78, 5) is 16.7. The number of thiazole rings is 1. The molecule has 1 fully saturated rings. The van der Waals surface area contributed by atoms with Crippen LogP contribution in [0.25, 0.3) is 27.3 Å². The van der Waals surface area contributed by atoms with Gasteiger partial charge in [-0.3, -0.25) is 0 Å². The minimum absolute atomic E-state index is 0.326. The van der Waals surface area contributed by atoms with Crippen LogP contribution in [0.2, 0.25) is 0 Å². The predicted octanol–water partition coefficient (Wildman–Crippen LogP) is 4.00. The first-order valence-electron chi connectivity index (χ1n) is 10.3. The Morgan fingerprint density at radius 2 is 1.97 bits per heavy atom. The second kappa shape index (κ2) is 6.81. The number of aromatic nitrogens is 5. The van der Waals surface area contributed by atoms with E-state index in [1.54, 1.807) is 17.7 Å². The monoisotopic (exact) mass is 409 g/mol. The molecule has 152 valence electrons. The molecule has 4 aromatic heterocycles. The molecule has 7 nitrogen and oxygen atoms in total. The zero-order valence-corrected chi connectivity index (χ0v) is 18.2. The number of rotatable bonds is 3. The quantitative estimate of drug-likeness (QED) is 0.534. The highest BCUT2D eigenvalue weighted by Crippen LogP contribution is 2.41. The SMILES string of the molecule is Cc1c(-c2[nH]c3sc(N4CCC(N)CC4)nc3c2C(C)C)cn2ncnc2c1C. The van der Waals surface area contributed by atoms with Gasteiger partial charge in [-0.2, -0.15) is 5.10 Å². The molecule has 1 aliphatic heterocycles. The number of nitrogens with one attached hydrogen (secondary N) is 1. The molecular formula is C21H27N7S. The molecule has 0 atom stereocenters. The van der Waals surface area contributed by atoms with Crippen LogP contribution in [-0.2, 0) is 0 Å². The van der Waals surface area contributed by atoms with Crippen LogP contribution in [0.1, 0.15) is 49.3 Å². The Kier molecular flexibility index (Phi) is 4.36.